The van der Waals surface area contributed by atoms with Crippen LogP contribution in [-0.4, -0.2) is 58.4 Å². The minimum atomic E-state index is -0.386. The van der Waals surface area contributed by atoms with E-state index in [1.807, 2.05) is 31.2 Å². The first kappa shape index (κ1) is 19.9. The Morgan fingerprint density at radius 1 is 1.07 bits per heavy atom. The van der Waals surface area contributed by atoms with Crippen LogP contribution in [-0.2, 0) is 17.8 Å². The molecule has 0 radical (unpaired) electrons. The molecule has 1 fully saturated rings. The largest absolute Gasteiger partial charge is 0.503 e. The van der Waals surface area contributed by atoms with E-state index in [4.69, 9.17) is 4.74 Å². The molecule has 0 aliphatic carbocycles. The van der Waals surface area contributed by atoms with Gasteiger partial charge < -0.3 is 19.3 Å². The van der Waals surface area contributed by atoms with Crippen LogP contribution in [0.25, 0.3) is 0 Å². The van der Waals surface area contributed by atoms with Gasteiger partial charge in [0.25, 0.3) is 5.56 Å². The zero-order chi connectivity index (χ0) is 20.1. The molecule has 1 aliphatic heterocycles. The van der Waals surface area contributed by atoms with Crippen molar-refractivity contribution in [3.63, 3.8) is 0 Å². The van der Waals surface area contributed by atoms with E-state index in [1.54, 1.807) is 24.1 Å². The van der Waals surface area contributed by atoms with Gasteiger partial charge in [-0.2, -0.15) is 0 Å². The van der Waals surface area contributed by atoms with E-state index in [0.29, 0.717) is 51.4 Å². The van der Waals surface area contributed by atoms with Crippen molar-refractivity contribution in [2.45, 2.75) is 26.9 Å². The fourth-order valence-electron chi connectivity index (χ4n) is 3.29. The second kappa shape index (κ2) is 8.93. The molecule has 7 heteroatoms. The second-order valence-corrected chi connectivity index (χ2v) is 7.07. The number of nitrogens with zero attached hydrogens (tertiary/aromatic N) is 3. The van der Waals surface area contributed by atoms with Gasteiger partial charge in [-0.25, -0.2) is 4.79 Å². The molecule has 1 aromatic carbocycles. The van der Waals surface area contributed by atoms with E-state index in [0.717, 1.165) is 11.1 Å². The average Bonchev–Trinajstić information content (AvgIpc) is 2.70. The first-order valence-electron chi connectivity index (χ1n) is 9.59. The van der Waals surface area contributed by atoms with Crippen LogP contribution in [0.5, 0.6) is 5.75 Å². The molecule has 0 unspecified atom stereocenters. The third kappa shape index (κ3) is 4.72. The Morgan fingerprint density at radius 2 is 1.75 bits per heavy atom. The van der Waals surface area contributed by atoms with Gasteiger partial charge >= 0.3 is 6.09 Å². The number of hydrogen-bond donors (Lipinski definition) is 1. The first-order valence-corrected chi connectivity index (χ1v) is 9.59. The maximum Gasteiger partial charge on any atom is 0.409 e. The Morgan fingerprint density at radius 3 is 2.39 bits per heavy atom. The molecule has 0 saturated carbocycles. The molecule has 1 N–H and O–H groups in total. The number of piperazine rings is 1. The van der Waals surface area contributed by atoms with Crippen LogP contribution in [0, 0.1) is 6.92 Å². The van der Waals surface area contributed by atoms with E-state index in [9.17, 15) is 14.7 Å². The third-order valence-corrected chi connectivity index (χ3v) is 4.99. The van der Waals surface area contributed by atoms with Crippen molar-refractivity contribution in [2.75, 3.05) is 32.8 Å². The Kier molecular flexibility index (Phi) is 6.36. The minimum Gasteiger partial charge on any atom is -0.503 e. The first-order chi connectivity index (χ1) is 13.5. The smallest absolute Gasteiger partial charge is 0.409 e. The average molecular weight is 385 g/mol. The summed E-state index contributed by atoms with van der Waals surface area (Å²) < 4.78 is 6.54. The Hall–Kier alpha value is -2.80. The van der Waals surface area contributed by atoms with Crippen LogP contribution < -0.4 is 5.56 Å². The maximum atomic E-state index is 12.5. The molecule has 0 bridgehead atoms. The molecule has 1 saturated heterocycles. The highest BCUT2D eigenvalue weighted by Gasteiger charge is 2.23. The van der Waals surface area contributed by atoms with Crippen LogP contribution in [0.15, 0.2) is 41.3 Å². The van der Waals surface area contributed by atoms with Crippen molar-refractivity contribution in [3.8, 4) is 5.75 Å². The van der Waals surface area contributed by atoms with Crippen LogP contribution in [0.2, 0.25) is 0 Å². The van der Waals surface area contributed by atoms with Crippen molar-refractivity contribution < 1.29 is 14.6 Å². The van der Waals surface area contributed by atoms with Gasteiger partial charge in [-0.1, -0.05) is 29.8 Å². The van der Waals surface area contributed by atoms with Gasteiger partial charge in [-0.15, -0.1) is 0 Å². The van der Waals surface area contributed by atoms with Crippen molar-refractivity contribution in [1.82, 2.24) is 14.4 Å². The standard InChI is InChI=1S/C21H27N3O4/c1-3-28-21(27)23-12-10-22(11-13-23)15-18-8-9-24(20(26)19(18)25)14-17-6-4-16(2)5-7-17/h4-9,25H,3,10-15H2,1-2H3. The number of benzene rings is 1. The number of amides is 1. The number of carbonyl (C=O) groups is 1. The molecule has 150 valence electrons. The maximum absolute atomic E-state index is 12.5. The highest BCUT2D eigenvalue weighted by molar-refractivity contribution is 5.67. The number of rotatable bonds is 5. The van der Waals surface area contributed by atoms with Gasteiger partial charge in [0.05, 0.1) is 13.2 Å². The zero-order valence-corrected chi connectivity index (χ0v) is 16.4. The van der Waals surface area contributed by atoms with Gasteiger partial charge in [0.2, 0.25) is 0 Å². The molecule has 2 aromatic rings. The molecule has 0 spiro atoms. The minimum absolute atomic E-state index is 0.206. The number of aryl methyl sites for hydroxylation is 1. The molecule has 7 nitrogen and oxygen atoms in total. The lowest BCUT2D eigenvalue weighted by Gasteiger charge is -2.34. The van der Waals surface area contributed by atoms with Gasteiger partial charge in [-0.3, -0.25) is 9.69 Å². The Balaban J connectivity index is 1.63. The van der Waals surface area contributed by atoms with E-state index in [-0.39, 0.29) is 17.4 Å². The van der Waals surface area contributed by atoms with Crippen LogP contribution in [0.4, 0.5) is 4.79 Å². The monoisotopic (exact) mass is 385 g/mol. The number of pyridine rings is 1. The highest BCUT2D eigenvalue weighted by atomic mass is 16.6. The zero-order valence-electron chi connectivity index (χ0n) is 16.4. The number of ether oxygens (including phenoxy) is 1. The van der Waals surface area contributed by atoms with Gasteiger partial charge in [-0.05, 0) is 25.5 Å². The second-order valence-electron chi connectivity index (χ2n) is 7.07. The fraction of sp³-hybridized carbons (Fsp3) is 0.429. The summed E-state index contributed by atoms with van der Waals surface area (Å²) in [6.45, 7) is 7.56. The summed E-state index contributed by atoms with van der Waals surface area (Å²) >= 11 is 0. The van der Waals surface area contributed by atoms with Crippen molar-refractivity contribution in [2.24, 2.45) is 0 Å². The molecule has 1 aromatic heterocycles. The SMILES string of the molecule is CCOC(=O)N1CCN(Cc2ccn(Cc3ccc(C)cc3)c(=O)c2O)CC1. The third-order valence-electron chi connectivity index (χ3n) is 4.99. The van der Waals surface area contributed by atoms with Crippen LogP contribution >= 0.6 is 0 Å². The molecular weight excluding hydrogens is 358 g/mol. The van der Waals surface area contributed by atoms with Gasteiger partial charge in [0, 0.05) is 44.5 Å². The number of hydrogen-bond acceptors (Lipinski definition) is 5. The Bertz CT molecular complexity index is 868. The van der Waals surface area contributed by atoms with Crippen molar-refractivity contribution in [1.29, 1.82) is 0 Å². The topological polar surface area (TPSA) is 75.0 Å². The van der Waals surface area contributed by atoms with E-state index in [1.165, 1.54) is 4.57 Å². The summed E-state index contributed by atoms with van der Waals surface area (Å²) in [5.41, 5.74) is 2.39. The lowest BCUT2D eigenvalue weighted by Crippen LogP contribution is -2.48. The summed E-state index contributed by atoms with van der Waals surface area (Å²) in [7, 11) is 0. The van der Waals surface area contributed by atoms with Gasteiger partial charge in [0.15, 0.2) is 5.75 Å². The number of carbonyl (C=O) groups excluding carboxylic acids is 1. The molecule has 1 aliphatic rings. The van der Waals surface area contributed by atoms with Crippen LogP contribution in [0.1, 0.15) is 23.6 Å². The predicted octanol–water partition coefficient (Wildman–Crippen LogP) is 2.18. The summed E-state index contributed by atoms with van der Waals surface area (Å²) in [6.07, 6.45) is 1.44. The van der Waals surface area contributed by atoms with Crippen LogP contribution in [0.3, 0.4) is 0 Å². The fourth-order valence-corrected chi connectivity index (χ4v) is 3.29. The molecule has 0 atom stereocenters. The molecule has 28 heavy (non-hydrogen) atoms. The van der Waals surface area contributed by atoms with Crippen molar-refractivity contribution in [3.05, 3.63) is 63.6 Å². The number of aromatic nitrogens is 1. The van der Waals surface area contributed by atoms with Gasteiger partial charge in [0.1, 0.15) is 0 Å². The van der Waals surface area contributed by atoms with E-state index < -0.39 is 0 Å². The predicted molar refractivity (Wildman–Crippen MR) is 107 cm³/mol. The lowest BCUT2D eigenvalue weighted by molar-refractivity contribution is 0.0776. The lowest BCUT2D eigenvalue weighted by atomic mass is 10.1. The summed E-state index contributed by atoms with van der Waals surface area (Å²) in [5, 5.41) is 10.4. The van der Waals surface area contributed by atoms with E-state index >= 15 is 0 Å². The van der Waals surface area contributed by atoms with E-state index in [2.05, 4.69) is 4.90 Å². The normalized spacial score (nSPS) is 14.9. The number of aromatic hydroxyl groups is 1. The summed E-state index contributed by atoms with van der Waals surface area (Å²) in [6, 6.07) is 9.77. The molecule has 2 heterocycles. The summed E-state index contributed by atoms with van der Waals surface area (Å²) in [4.78, 5) is 28.1. The summed E-state index contributed by atoms with van der Waals surface area (Å²) in [5.74, 6) is -0.206. The van der Waals surface area contributed by atoms with Crippen molar-refractivity contribution >= 4 is 6.09 Å². The highest BCUT2D eigenvalue weighted by Crippen LogP contribution is 2.16. The molecule has 3 rings (SSSR count). The molecule has 1 amide bonds. The Labute approximate surface area is 164 Å². The quantitative estimate of drug-likeness (QED) is 0.854. The molecular formula is C21H27N3O4.